The van der Waals surface area contributed by atoms with Crippen LogP contribution in [-0.4, -0.2) is 50.8 Å². The average Bonchev–Trinajstić information content (AvgIpc) is 2.50. The Kier molecular flexibility index (Phi) is 6.30. The highest BCUT2D eigenvalue weighted by Gasteiger charge is 2.31. The standard InChI is InChI=1S/C15H21F3N2O4S/c1-11-8-20(9-12(2)24-11)25(21,22)19-7-13-3-5-14(6-4-13)23-10-15(16,17)18/h3-6,11-12,19H,7-10H2,1-2H3. The van der Waals surface area contributed by atoms with E-state index < -0.39 is 23.0 Å². The number of halogens is 3. The summed E-state index contributed by atoms with van der Waals surface area (Å²) in [4.78, 5) is 0. The third kappa shape index (κ3) is 6.46. The van der Waals surface area contributed by atoms with Crippen molar-refractivity contribution in [3.63, 3.8) is 0 Å². The van der Waals surface area contributed by atoms with Crippen molar-refractivity contribution in [2.24, 2.45) is 0 Å². The fourth-order valence-corrected chi connectivity index (χ4v) is 3.81. The number of ether oxygens (including phenoxy) is 2. The third-order valence-corrected chi connectivity index (χ3v) is 5.00. The lowest BCUT2D eigenvalue weighted by Gasteiger charge is -2.34. The van der Waals surface area contributed by atoms with Crippen LogP contribution in [0.4, 0.5) is 13.2 Å². The lowest BCUT2D eigenvalue weighted by molar-refractivity contribution is -0.153. The van der Waals surface area contributed by atoms with Crippen LogP contribution in [0.5, 0.6) is 5.75 Å². The van der Waals surface area contributed by atoms with Crippen LogP contribution >= 0.6 is 0 Å². The van der Waals surface area contributed by atoms with Gasteiger partial charge in [-0.15, -0.1) is 0 Å². The fraction of sp³-hybridized carbons (Fsp3) is 0.600. The Labute approximate surface area is 145 Å². The van der Waals surface area contributed by atoms with Gasteiger partial charge in [-0.1, -0.05) is 12.1 Å². The van der Waals surface area contributed by atoms with Crippen LogP contribution in [0.1, 0.15) is 19.4 Å². The Morgan fingerprint density at radius 1 is 1.20 bits per heavy atom. The molecule has 10 heteroatoms. The highest BCUT2D eigenvalue weighted by molar-refractivity contribution is 7.87. The number of alkyl halides is 3. The largest absolute Gasteiger partial charge is 0.484 e. The second kappa shape index (κ2) is 7.90. The number of nitrogens with one attached hydrogen (secondary N) is 1. The molecular weight excluding hydrogens is 361 g/mol. The number of rotatable bonds is 6. The number of benzene rings is 1. The van der Waals surface area contributed by atoms with Crippen LogP contribution in [-0.2, 0) is 21.5 Å². The smallest absolute Gasteiger partial charge is 0.422 e. The van der Waals surface area contributed by atoms with Gasteiger partial charge in [0.15, 0.2) is 6.61 Å². The SMILES string of the molecule is CC1CN(S(=O)(=O)NCc2ccc(OCC(F)(F)F)cc2)CC(C)O1. The molecule has 0 aliphatic carbocycles. The van der Waals surface area contributed by atoms with Gasteiger partial charge in [-0.3, -0.25) is 0 Å². The molecule has 1 N–H and O–H groups in total. The van der Waals surface area contributed by atoms with E-state index in [1.165, 1.54) is 28.6 Å². The zero-order valence-corrected chi connectivity index (χ0v) is 14.7. The Hall–Kier alpha value is -1.36. The van der Waals surface area contributed by atoms with Gasteiger partial charge in [0.2, 0.25) is 0 Å². The van der Waals surface area contributed by atoms with Gasteiger partial charge in [0.05, 0.1) is 12.2 Å². The van der Waals surface area contributed by atoms with Crippen molar-refractivity contribution in [2.45, 2.75) is 38.8 Å². The molecule has 1 aliphatic rings. The number of hydrogen-bond acceptors (Lipinski definition) is 4. The highest BCUT2D eigenvalue weighted by atomic mass is 32.2. The Morgan fingerprint density at radius 3 is 2.28 bits per heavy atom. The predicted octanol–water partition coefficient (Wildman–Crippen LogP) is 2.07. The first-order valence-corrected chi connectivity index (χ1v) is 9.18. The van der Waals surface area contributed by atoms with Crippen LogP contribution in [0.3, 0.4) is 0 Å². The minimum absolute atomic E-state index is 0.0298. The van der Waals surface area contributed by atoms with E-state index in [-0.39, 0.29) is 37.6 Å². The predicted molar refractivity (Wildman–Crippen MR) is 85.3 cm³/mol. The summed E-state index contributed by atoms with van der Waals surface area (Å²) in [5.74, 6) is 0.0692. The molecule has 25 heavy (non-hydrogen) atoms. The highest BCUT2D eigenvalue weighted by Crippen LogP contribution is 2.19. The molecule has 2 rings (SSSR count). The number of nitrogens with zero attached hydrogens (tertiary/aromatic N) is 1. The number of morpholine rings is 1. The first-order chi connectivity index (χ1) is 11.5. The summed E-state index contributed by atoms with van der Waals surface area (Å²) in [6.07, 6.45) is -4.78. The minimum Gasteiger partial charge on any atom is -0.484 e. The van der Waals surface area contributed by atoms with Gasteiger partial charge in [-0.25, -0.2) is 0 Å². The normalized spacial score (nSPS) is 22.8. The Bertz CT molecular complexity index is 654. The summed E-state index contributed by atoms with van der Waals surface area (Å²) >= 11 is 0. The van der Waals surface area contributed by atoms with Crippen molar-refractivity contribution in [1.82, 2.24) is 9.03 Å². The molecule has 1 heterocycles. The summed E-state index contributed by atoms with van der Waals surface area (Å²) in [7, 11) is -3.66. The monoisotopic (exact) mass is 382 g/mol. The molecule has 2 unspecified atom stereocenters. The Balaban J connectivity index is 1.89. The molecule has 6 nitrogen and oxygen atoms in total. The molecule has 0 radical (unpaired) electrons. The summed E-state index contributed by atoms with van der Waals surface area (Å²) in [5.41, 5.74) is 0.609. The van der Waals surface area contributed by atoms with Crippen LogP contribution in [0.25, 0.3) is 0 Å². The zero-order chi connectivity index (χ0) is 18.7. The third-order valence-electron chi connectivity index (χ3n) is 3.51. The molecule has 0 saturated carbocycles. The second-order valence-corrected chi connectivity index (χ2v) is 7.70. The summed E-state index contributed by atoms with van der Waals surface area (Å²) in [6, 6.07) is 5.76. The maximum absolute atomic E-state index is 12.3. The van der Waals surface area contributed by atoms with E-state index in [2.05, 4.69) is 9.46 Å². The van der Waals surface area contributed by atoms with Crippen molar-refractivity contribution in [3.05, 3.63) is 29.8 Å². The number of hydrogen-bond donors (Lipinski definition) is 1. The van der Waals surface area contributed by atoms with Crippen LogP contribution in [0, 0.1) is 0 Å². The van der Waals surface area contributed by atoms with Crippen molar-refractivity contribution in [2.75, 3.05) is 19.7 Å². The lowest BCUT2D eigenvalue weighted by Crippen LogP contribution is -2.51. The lowest BCUT2D eigenvalue weighted by atomic mass is 10.2. The van der Waals surface area contributed by atoms with E-state index in [4.69, 9.17) is 4.74 Å². The van der Waals surface area contributed by atoms with Crippen molar-refractivity contribution in [3.8, 4) is 5.75 Å². The van der Waals surface area contributed by atoms with Crippen LogP contribution < -0.4 is 9.46 Å². The molecule has 0 aromatic heterocycles. The second-order valence-electron chi connectivity index (χ2n) is 5.95. The molecule has 0 bridgehead atoms. The summed E-state index contributed by atoms with van der Waals surface area (Å²) in [6.45, 7) is 2.80. The van der Waals surface area contributed by atoms with Crippen molar-refractivity contribution in [1.29, 1.82) is 0 Å². The summed E-state index contributed by atoms with van der Waals surface area (Å²) in [5, 5.41) is 0. The minimum atomic E-state index is -4.40. The van der Waals surface area contributed by atoms with Gasteiger partial charge in [-0.2, -0.15) is 30.6 Å². The molecule has 1 aliphatic heterocycles. The van der Waals surface area contributed by atoms with E-state index in [1.54, 1.807) is 13.8 Å². The van der Waals surface area contributed by atoms with Gasteiger partial charge >= 0.3 is 6.18 Å². The topological polar surface area (TPSA) is 67.9 Å². The zero-order valence-electron chi connectivity index (χ0n) is 13.9. The van der Waals surface area contributed by atoms with E-state index in [0.29, 0.717) is 5.56 Å². The van der Waals surface area contributed by atoms with E-state index in [9.17, 15) is 21.6 Å². The first-order valence-electron chi connectivity index (χ1n) is 7.74. The maximum atomic E-state index is 12.3. The van der Waals surface area contributed by atoms with Gasteiger partial charge < -0.3 is 9.47 Å². The van der Waals surface area contributed by atoms with Gasteiger partial charge in [0.25, 0.3) is 10.2 Å². The van der Waals surface area contributed by atoms with Gasteiger partial charge in [0.1, 0.15) is 5.75 Å². The van der Waals surface area contributed by atoms with Crippen LogP contribution in [0.2, 0.25) is 0 Å². The van der Waals surface area contributed by atoms with E-state index in [1.807, 2.05) is 0 Å². The molecule has 1 saturated heterocycles. The average molecular weight is 382 g/mol. The molecule has 1 fully saturated rings. The molecule has 1 aromatic rings. The van der Waals surface area contributed by atoms with Crippen molar-refractivity contribution >= 4 is 10.2 Å². The van der Waals surface area contributed by atoms with E-state index >= 15 is 0 Å². The van der Waals surface area contributed by atoms with Gasteiger partial charge in [0, 0.05) is 19.6 Å². The molecular formula is C15H21F3N2O4S. The molecule has 0 spiro atoms. The molecule has 142 valence electrons. The fourth-order valence-electron chi connectivity index (χ4n) is 2.46. The van der Waals surface area contributed by atoms with Crippen molar-refractivity contribution < 1.29 is 31.1 Å². The van der Waals surface area contributed by atoms with E-state index in [0.717, 1.165) is 0 Å². The quantitative estimate of drug-likeness (QED) is 0.818. The Morgan fingerprint density at radius 2 is 1.76 bits per heavy atom. The molecule has 1 aromatic carbocycles. The molecule has 2 atom stereocenters. The molecule has 0 amide bonds. The first kappa shape index (κ1) is 20.0. The van der Waals surface area contributed by atoms with Gasteiger partial charge in [-0.05, 0) is 31.5 Å². The maximum Gasteiger partial charge on any atom is 0.422 e. The summed E-state index contributed by atoms with van der Waals surface area (Å²) < 4.78 is 74.9. The van der Waals surface area contributed by atoms with Crippen LogP contribution in [0.15, 0.2) is 24.3 Å².